The predicted molar refractivity (Wildman–Crippen MR) is 109 cm³/mol. The Hall–Kier alpha value is -3.66. The van der Waals surface area contributed by atoms with Crippen LogP contribution in [0.4, 0.5) is 5.69 Å². The fourth-order valence-electron chi connectivity index (χ4n) is 3.38. The van der Waals surface area contributed by atoms with Gasteiger partial charge >= 0.3 is 0 Å². The van der Waals surface area contributed by atoms with Crippen LogP contribution >= 0.6 is 0 Å². The molecule has 1 unspecified atom stereocenters. The van der Waals surface area contributed by atoms with Gasteiger partial charge in [0.25, 0.3) is 0 Å². The molecule has 1 aliphatic heterocycles. The van der Waals surface area contributed by atoms with E-state index in [0.717, 1.165) is 5.56 Å². The average Bonchev–Trinajstić information content (AvgIpc) is 3.16. The van der Waals surface area contributed by atoms with Crippen molar-refractivity contribution < 1.29 is 14.4 Å². The molecular weight excluding hydrogens is 350 g/mol. The number of Topliss-reactive ketones (excluding diaryl/α,β-unsaturated/α-hetero) is 2. The summed E-state index contributed by atoms with van der Waals surface area (Å²) in [7, 11) is 0. The van der Waals surface area contributed by atoms with Crippen LogP contribution in [0, 0.1) is 0 Å². The molecule has 0 bridgehead atoms. The Balaban J connectivity index is 1.89. The van der Waals surface area contributed by atoms with Gasteiger partial charge in [0, 0.05) is 18.1 Å². The highest BCUT2D eigenvalue weighted by Crippen LogP contribution is 2.39. The molecule has 1 heterocycles. The number of carbonyl (C=O) groups is 2. The van der Waals surface area contributed by atoms with Crippen LogP contribution in [0.1, 0.15) is 22.8 Å². The topological polar surface area (TPSA) is 46.6 Å². The lowest BCUT2D eigenvalue weighted by Crippen LogP contribution is -2.37. The first-order chi connectivity index (χ1) is 13.7. The second-order valence-electron chi connectivity index (χ2n) is 6.55. The molecule has 3 aromatic rings. The lowest BCUT2D eigenvalue weighted by molar-refractivity contribution is -0.116. The largest absolute Gasteiger partial charge is 0.374 e. The highest BCUT2D eigenvalue weighted by molar-refractivity contribution is 6.14. The maximum atomic E-state index is 13.5. The quantitative estimate of drug-likeness (QED) is 0.612. The summed E-state index contributed by atoms with van der Waals surface area (Å²) in [5, 5.41) is 1.54. The molecule has 1 aliphatic rings. The fourth-order valence-corrected chi connectivity index (χ4v) is 3.38. The standard InChI is InChI=1S/C24H19NO3/c1-17(26)24-21(18-11-5-2-6-12-18)22(23(27)19-13-7-3-8-14-19)25(28-24)20-15-9-4-10-16-20/h2-16,22H,1H3. The summed E-state index contributed by atoms with van der Waals surface area (Å²) in [6.07, 6.45) is 0. The van der Waals surface area contributed by atoms with Gasteiger partial charge in [-0.2, -0.15) is 5.06 Å². The fraction of sp³-hybridized carbons (Fsp3) is 0.0833. The molecule has 0 aromatic heterocycles. The lowest BCUT2D eigenvalue weighted by atomic mass is 9.91. The number of ketones is 2. The molecule has 28 heavy (non-hydrogen) atoms. The molecule has 4 rings (SSSR count). The van der Waals surface area contributed by atoms with Gasteiger partial charge in [0.15, 0.2) is 17.6 Å². The number of rotatable bonds is 5. The van der Waals surface area contributed by atoms with Crippen molar-refractivity contribution in [2.24, 2.45) is 0 Å². The predicted octanol–water partition coefficient (Wildman–Crippen LogP) is 4.69. The second-order valence-corrected chi connectivity index (χ2v) is 6.55. The van der Waals surface area contributed by atoms with Crippen LogP contribution in [0.5, 0.6) is 0 Å². The van der Waals surface area contributed by atoms with E-state index in [-0.39, 0.29) is 17.3 Å². The maximum absolute atomic E-state index is 13.5. The summed E-state index contributed by atoms with van der Waals surface area (Å²) < 4.78 is 0. The Labute approximate surface area is 163 Å². The Morgan fingerprint density at radius 2 is 1.32 bits per heavy atom. The number of carbonyl (C=O) groups excluding carboxylic acids is 2. The minimum atomic E-state index is -0.758. The number of anilines is 1. The summed E-state index contributed by atoms with van der Waals surface area (Å²) in [4.78, 5) is 31.9. The van der Waals surface area contributed by atoms with Crippen molar-refractivity contribution in [3.63, 3.8) is 0 Å². The van der Waals surface area contributed by atoms with E-state index in [4.69, 9.17) is 4.84 Å². The smallest absolute Gasteiger partial charge is 0.204 e. The molecule has 4 nitrogen and oxygen atoms in total. The van der Waals surface area contributed by atoms with Crippen molar-refractivity contribution >= 4 is 22.8 Å². The minimum absolute atomic E-state index is 0.125. The second kappa shape index (κ2) is 7.53. The van der Waals surface area contributed by atoms with Crippen LogP contribution < -0.4 is 5.06 Å². The van der Waals surface area contributed by atoms with Gasteiger partial charge in [-0.15, -0.1) is 0 Å². The first kappa shape index (κ1) is 17.7. The summed E-state index contributed by atoms with van der Waals surface area (Å²) >= 11 is 0. The van der Waals surface area contributed by atoms with E-state index in [1.54, 1.807) is 12.1 Å². The number of benzene rings is 3. The molecule has 4 heteroatoms. The molecule has 0 saturated heterocycles. The Morgan fingerprint density at radius 1 is 0.786 bits per heavy atom. The number of hydroxylamine groups is 1. The van der Waals surface area contributed by atoms with Crippen LogP contribution in [0.3, 0.4) is 0 Å². The monoisotopic (exact) mass is 369 g/mol. The van der Waals surface area contributed by atoms with Crippen molar-refractivity contribution in [3.8, 4) is 0 Å². The van der Waals surface area contributed by atoms with Crippen LogP contribution in [0.15, 0.2) is 96.8 Å². The van der Waals surface area contributed by atoms with Crippen LogP contribution in [0.2, 0.25) is 0 Å². The Kier molecular flexibility index (Phi) is 4.77. The van der Waals surface area contributed by atoms with Crippen molar-refractivity contribution in [2.45, 2.75) is 13.0 Å². The van der Waals surface area contributed by atoms with E-state index in [0.29, 0.717) is 16.8 Å². The third kappa shape index (κ3) is 3.21. The molecule has 0 amide bonds. The third-order valence-corrected chi connectivity index (χ3v) is 4.66. The van der Waals surface area contributed by atoms with Crippen molar-refractivity contribution in [3.05, 3.63) is 108 Å². The van der Waals surface area contributed by atoms with E-state index in [1.807, 2.05) is 78.9 Å². The molecule has 0 fully saturated rings. The molecule has 0 aliphatic carbocycles. The van der Waals surface area contributed by atoms with Crippen LogP contribution in [0.25, 0.3) is 5.57 Å². The molecule has 1 atom stereocenters. The van der Waals surface area contributed by atoms with Gasteiger partial charge in [-0.05, 0) is 17.7 Å². The summed E-state index contributed by atoms with van der Waals surface area (Å²) in [6, 6.07) is 27.1. The zero-order valence-electron chi connectivity index (χ0n) is 15.4. The van der Waals surface area contributed by atoms with Crippen LogP contribution in [-0.2, 0) is 9.63 Å². The van der Waals surface area contributed by atoms with E-state index < -0.39 is 6.04 Å². The van der Waals surface area contributed by atoms with Gasteiger partial charge in [-0.3, -0.25) is 9.59 Å². The molecular formula is C24H19NO3. The summed E-state index contributed by atoms with van der Waals surface area (Å²) in [5.74, 6) is -0.146. The van der Waals surface area contributed by atoms with E-state index >= 15 is 0 Å². The normalized spacial score (nSPS) is 16.0. The number of hydrogen-bond acceptors (Lipinski definition) is 4. The summed E-state index contributed by atoms with van der Waals surface area (Å²) in [5.41, 5.74) is 2.66. The van der Waals surface area contributed by atoms with Gasteiger partial charge in [-0.1, -0.05) is 78.9 Å². The Bertz CT molecular complexity index is 1030. The minimum Gasteiger partial charge on any atom is -0.374 e. The van der Waals surface area contributed by atoms with Crippen molar-refractivity contribution in [2.75, 3.05) is 5.06 Å². The number of nitrogens with zero attached hydrogens (tertiary/aromatic N) is 1. The van der Waals surface area contributed by atoms with Crippen molar-refractivity contribution in [1.82, 2.24) is 0 Å². The highest BCUT2D eigenvalue weighted by Gasteiger charge is 2.42. The molecule has 0 spiro atoms. The molecule has 138 valence electrons. The maximum Gasteiger partial charge on any atom is 0.204 e. The van der Waals surface area contributed by atoms with Crippen molar-refractivity contribution in [1.29, 1.82) is 0 Å². The van der Waals surface area contributed by atoms with Gasteiger partial charge in [0.05, 0.1) is 5.69 Å². The van der Waals surface area contributed by atoms with E-state index in [1.165, 1.54) is 12.0 Å². The number of hydrogen-bond donors (Lipinski definition) is 0. The number of para-hydroxylation sites is 1. The Morgan fingerprint density at radius 3 is 1.89 bits per heavy atom. The average molecular weight is 369 g/mol. The van der Waals surface area contributed by atoms with E-state index in [9.17, 15) is 9.59 Å². The molecule has 0 radical (unpaired) electrons. The van der Waals surface area contributed by atoms with Gasteiger partial charge < -0.3 is 4.84 Å². The number of allylic oxidation sites excluding steroid dienone is 1. The lowest BCUT2D eigenvalue weighted by Gasteiger charge is -2.25. The molecule has 0 saturated carbocycles. The van der Waals surface area contributed by atoms with Gasteiger partial charge in [0.1, 0.15) is 0 Å². The third-order valence-electron chi connectivity index (χ3n) is 4.66. The first-order valence-corrected chi connectivity index (χ1v) is 9.09. The highest BCUT2D eigenvalue weighted by atomic mass is 16.7. The van der Waals surface area contributed by atoms with E-state index in [2.05, 4.69) is 0 Å². The van der Waals surface area contributed by atoms with Gasteiger partial charge in [-0.25, -0.2) is 0 Å². The van der Waals surface area contributed by atoms with Gasteiger partial charge in [0.2, 0.25) is 5.76 Å². The first-order valence-electron chi connectivity index (χ1n) is 9.09. The van der Waals surface area contributed by atoms with Crippen LogP contribution in [-0.4, -0.2) is 17.6 Å². The molecule has 3 aromatic carbocycles. The zero-order valence-corrected chi connectivity index (χ0v) is 15.4. The zero-order chi connectivity index (χ0) is 19.5. The summed E-state index contributed by atoms with van der Waals surface area (Å²) in [6.45, 7) is 1.46. The SMILES string of the molecule is CC(=O)C1=C(c2ccccc2)C(C(=O)c2ccccc2)N(c2ccccc2)O1. The molecule has 0 N–H and O–H groups in total.